The van der Waals surface area contributed by atoms with Crippen LogP contribution in [0.2, 0.25) is 5.02 Å². The zero-order chi connectivity index (χ0) is 14.8. The second-order valence-corrected chi connectivity index (χ2v) is 7.69. The van der Waals surface area contributed by atoms with E-state index in [-0.39, 0.29) is 16.5 Å². The molecule has 0 bridgehead atoms. The fourth-order valence-corrected chi connectivity index (χ4v) is 2.95. The lowest BCUT2D eigenvalue weighted by molar-refractivity contribution is -0.124. The number of sulfonamides is 1. The van der Waals surface area contributed by atoms with Crippen LogP contribution in [0.1, 0.15) is 27.7 Å². The van der Waals surface area contributed by atoms with Crippen LogP contribution in [0.25, 0.3) is 0 Å². The summed E-state index contributed by atoms with van der Waals surface area (Å²) in [7, 11) is -3.72. The van der Waals surface area contributed by atoms with E-state index in [1.807, 2.05) is 0 Å². The molecule has 1 aromatic carbocycles. The Morgan fingerprint density at radius 3 is 2.21 bits per heavy atom. The number of halogens is 1. The second-order valence-electron chi connectivity index (χ2n) is 5.17. The molecule has 1 aromatic rings. The summed E-state index contributed by atoms with van der Waals surface area (Å²) in [6.45, 7) is 6.51. The maximum Gasteiger partial charge on any atom is 0.246 e. The third-order valence-electron chi connectivity index (χ3n) is 2.54. The number of hydrogen-bond donors (Lipinski definition) is 0. The molecule has 1 rings (SSSR count). The van der Waals surface area contributed by atoms with Crippen LogP contribution in [-0.4, -0.2) is 20.1 Å². The van der Waals surface area contributed by atoms with E-state index < -0.39 is 21.3 Å². The Labute approximate surface area is 119 Å². The summed E-state index contributed by atoms with van der Waals surface area (Å²) in [5.74, 6) is -0.664. The minimum absolute atomic E-state index is 0.167. The third kappa shape index (κ3) is 3.48. The summed E-state index contributed by atoms with van der Waals surface area (Å²) in [6.07, 6.45) is 0. The summed E-state index contributed by atoms with van der Waals surface area (Å²) in [4.78, 5) is 12.4. The van der Waals surface area contributed by atoms with Gasteiger partial charge in [-0.25, -0.2) is 12.7 Å². The highest BCUT2D eigenvalue weighted by Crippen LogP contribution is 2.31. The van der Waals surface area contributed by atoms with Crippen molar-refractivity contribution in [1.82, 2.24) is 0 Å². The molecule has 0 heterocycles. The van der Waals surface area contributed by atoms with Gasteiger partial charge in [-0.3, -0.25) is 4.79 Å². The summed E-state index contributed by atoms with van der Waals surface area (Å²) in [6, 6.07) is 6.42. The van der Waals surface area contributed by atoms with E-state index in [1.54, 1.807) is 39.0 Å². The number of nitrogens with zero attached hydrogens (tertiary/aromatic N) is 1. The highest BCUT2D eigenvalue weighted by atomic mass is 35.5. The molecule has 0 radical (unpaired) electrons. The quantitative estimate of drug-likeness (QED) is 0.862. The molecule has 0 fully saturated rings. The molecular formula is C13H18ClNO3S. The van der Waals surface area contributed by atoms with Crippen LogP contribution in [0, 0.1) is 5.41 Å². The minimum atomic E-state index is -3.72. The summed E-state index contributed by atoms with van der Waals surface area (Å²) in [5, 5.41) is 0.233. The molecule has 4 nitrogen and oxygen atoms in total. The van der Waals surface area contributed by atoms with Crippen LogP contribution in [0.15, 0.2) is 24.3 Å². The number of anilines is 1. The minimum Gasteiger partial charge on any atom is -0.273 e. The van der Waals surface area contributed by atoms with Gasteiger partial charge in [-0.2, -0.15) is 0 Å². The maximum absolute atomic E-state index is 12.4. The van der Waals surface area contributed by atoms with E-state index in [0.717, 1.165) is 4.31 Å². The van der Waals surface area contributed by atoms with Gasteiger partial charge in [0.25, 0.3) is 0 Å². The lowest BCUT2D eigenvalue weighted by atomic mass is 9.95. The van der Waals surface area contributed by atoms with Gasteiger partial charge in [0.05, 0.1) is 16.5 Å². The van der Waals surface area contributed by atoms with Crippen LogP contribution in [0.3, 0.4) is 0 Å². The highest BCUT2D eigenvalue weighted by Gasteiger charge is 2.36. The van der Waals surface area contributed by atoms with Gasteiger partial charge in [0, 0.05) is 5.41 Å². The number of carbonyl (C=O) groups is 1. The van der Waals surface area contributed by atoms with Gasteiger partial charge in [0.2, 0.25) is 15.9 Å². The molecule has 0 saturated carbocycles. The highest BCUT2D eigenvalue weighted by molar-refractivity contribution is 7.93. The standard InChI is InChI=1S/C13H18ClNO3S/c1-5-19(17,18)15(12(16)13(2,3)4)11-9-7-6-8-10(11)14/h6-9H,5H2,1-4H3. The van der Waals surface area contributed by atoms with E-state index in [4.69, 9.17) is 11.6 Å². The lowest BCUT2D eigenvalue weighted by Gasteiger charge is -2.29. The van der Waals surface area contributed by atoms with Gasteiger partial charge in [-0.15, -0.1) is 0 Å². The van der Waals surface area contributed by atoms with Crippen LogP contribution < -0.4 is 4.31 Å². The van der Waals surface area contributed by atoms with Crippen molar-refractivity contribution in [2.75, 3.05) is 10.1 Å². The first kappa shape index (κ1) is 16.0. The molecule has 0 aliphatic rings. The Morgan fingerprint density at radius 1 is 1.26 bits per heavy atom. The van der Waals surface area contributed by atoms with E-state index in [1.165, 1.54) is 13.0 Å². The molecule has 106 valence electrons. The zero-order valence-electron chi connectivity index (χ0n) is 11.5. The number of amides is 1. The van der Waals surface area contributed by atoms with E-state index in [0.29, 0.717) is 0 Å². The second kappa shape index (κ2) is 5.51. The molecule has 6 heteroatoms. The first-order valence-electron chi connectivity index (χ1n) is 5.93. The van der Waals surface area contributed by atoms with E-state index in [9.17, 15) is 13.2 Å². The van der Waals surface area contributed by atoms with Crippen molar-refractivity contribution >= 4 is 33.2 Å². The van der Waals surface area contributed by atoms with Crippen molar-refractivity contribution < 1.29 is 13.2 Å². The summed E-state index contributed by atoms with van der Waals surface area (Å²) >= 11 is 6.02. The lowest BCUT2D eigenvalue weighted by Crippen LogP contribution is -2.44. The van der Waals surface area contributed by atoms with Gasteiger partial charge in [0.1, 0.15) is 0 Å². The first-order chi connectivity index (χ1) is 8.61. The topological polar surface area (TPSA) is 54.5 Å². The van der Waals surface area contributed by atoms with Gasteiger partial charge >= 0.3 is 0 Å². The van der Waals surface area contributed by atoms with Gasteiger partial charge < -0.3 is 0 Å². The van der Waals surface area contributed by atoms with Gasteiger partial charge in [-0.1, -0.05) is 44.5 Å². The fraction of sp³-hybridized carbons (Fsp3) is 0.462. The molecule has 0 N–H and O–H groups in total. The number of benzene rings is 1. The van der Waals surface area contributed by atoms with E-state index in [2.05, 4.69) is 0 Å². The first-order valence-corrected chi connectivity index (χ1v) is 7.92. The van der Waals surface area contributed by atoms with Crippen molar-refractivity contribution in [1.29, 1.82) is 0 Å². The average molecular weight is 304 g/mol. The van der Waals surface area contributed by atoms with Gasteiger partial charge in [-0.05, 0) is 19.1 Å². The van der Waals surface area contributed by atoms with Crippen molar-refractivity contribution in [3.63, 3.8) is 0 Å². The SMILES string of the molecule is CCS(=O)(=O)N(C(=O)C(C)(C)C)c1ccccc1Cl. The van der Waals surface area contributed by atoms with E-state index >= 15 is 0 Å². The Hall–Kier alpha value is -1.07. The molecule has 0 spiro atoms. The number of rotatable bonds is 3. The Balaban J connectivity index is 3.47. The van der Waals surface area contributed by atoms with Crippen LogP contribution in [0.5, 0.6) is 0 Å². The molecule has 0 unspecified atom stereocenters. The molecule has 0 aliphatic carbocycles. The smallest absolute Gasteiger partial charge is 0.246 e. The summed E-state index contributed by atoms with van der Waals surface area (Å²) in [5.41, 5.74) is -0.618. The monoisotopic (exact) mass is 303 g/mol. The Kier molecular flexibility index (Phi) is 4.63. The normalized spacial score (nSPS) is 12.3. The molecule has 1 amide bonds. The number of hydrogen-bond acceptors (Lipinski definition) is 3. The predicted molar refractivity (Wildman–Crippen MR) is 77.9 cm³/mol. The van der Waals surface area contributed by atoms with Crippen molar-refractivity contribution in [2.45, 2.75) is 27.7 Å². The molecule has 0 atom stereocenters. The van der Waals surface area contributed by atoms with Crippen LogP contribution in [-0.2, 0) is 14.8 Å². The molecule has 19 heavy (non-hydrogen) atoms. The molecule has 0 aromatic heterocycles. The molecular weight excluding hydrogens is 286 g/mol. The predicted octanol–water partition coefficient (Wildman–Crippen LogP) is 3.07. The third-order valence-corrected chi connectivity index (χ3v) is 4.51. The van der Waals surface area contributed by atoms with Crippen LogP contribution >= 0.6 is 11.6 Å². The molecule has 0 saturated heterocycles. The maximum atomic E-state index is 12.4. The fourth-order valence-electron chi connectivity index (χ4n) is 1.44. The Morgan fingerprint density at radius 2 is 1.79 bits per heavy atom. The number of carbonyl (C=O) groups excluding carboxylic acids is 1. The largest absolute Gasteiger partial charge is 0.273 e. The van der Waals surface area contributed by atoms with Crippen molar-refractivity contribution in [2.24, 2.45) is 5.41 Å². The number of para-hydroxylation sites is 1. The van der Waals surface area contributed by atoms with Crippen molar-refractivity contribution in [3.8, 4) is 0 Å². The summed E-state index contributed by atoms with van der Waals surface area (Å²) < 4.78 is 25.2. The zero-order valence-corrected chi connectivity index (χ0v) is 13.0. The Bertz CT molecular complexity index is 576. The van der Waals surface area contributed by atoms with Crippen LogP contribution in [0.4, 0.5) is 5.69 Å². The van der Waals surface area contributed by atoms with Crippen molar-refractivity contribution in [3.05, 3.63) is 29.3 Å². The van der Waals surface area contributed by atoms with Gasteiger partial charge in [0.15, 0.2) is 0 Å². The molecule has 0 aliphatic heterocycles. The average Bonchev–Trinajstić information content (AvgIpc) is 2.30.